The normalized spacial score (nSPS) is 10.5. The number of anilines is 1. The van der Waals surface area contributed by atoms with E-state index in [1.165, 1.54) is 6.08 Å². The van der Waals surface area contributed by atoms with Crippen LogP contribution in [0.2, 0.25) is 0 Å². The van der Waals surface area contributed by atoms with Crippen LogP contribution in [-0.2, 0) is 0 Å². The van der Waals surface area contributed by atoms with Crippen LogP contribution in [0.3, 0.4) is 0 Å². The minimum Gasteiger partial charge on any atom is -0.372 e. The second-order valence-corrected chi connectivity index (χ2v) is 3.52. The fourth-order valence-corrected chi connectivity index (χ4v) is 1.69. The van der Waals surface area contributed by atoms with Crippen molar-refractivity contribution in [2.45, 2.75) is 13.8 Å². The van der Waals surface area contributed by atoms with E-state index in [0.717, 1.165) is 24.3 Å². The van der Waals surface area contributed by atoms with Gasteiger partial charge in [-0.1, -0.05) is 12.1 Å². The van der Waals surface area contributed by atoms with Crippen molar-refractivity contribution in [3.05, 3.63) is 35.9 Å². The molecule has 0 heterocycles. The average molecular weight is 225 g/mol. The van der Waals surface area contributed by atoms with Crippen molar-refractivity contribution in [2.24, 2.45) is 0 Å². The van der Waals surface area contributed by atoms with Crippen LogP contribution >= 0.6 is 0 Å². The van der Waals surface area contributed by atoms with Gasteiger partial charge < -0.3 is 4.90 Å². The van der Waals surface area contributed by atoms with Crippen LogP contribution in [0.1, 0.15) is 19.4 Å². The molecule has 0 unspecified atom stereocenters. The van der Waals surface area contributed by atoms with E-state index in [1.54, 1.807) is 0 Å². The first-order chi connectivity index (χ1) is 8.26. The second-order valence-electron chi connectivity index (χ2n) is 3.52. The summed E-state index contributed by atoms with van der Waals surface area (Å²) < 4.78 is 0. The van der Waals surface area contributed by atoms with E-state index < -0.39 is 0 Å². The minimum absolute atomic E-state index is 0.401. The zero-order chi connectivity index (χ0) is 12.7. The third-order valence-electron chi connectivity index (χ3n) is 2.64. The van der Waals surface area contributed by atoms with Gasteiger partial charge in [0.25, 0.3) is 0 Å². The Balaban J connectivity index is 3.00. The Morgan fingerprint density at radius 3 is 2.18 bits per heavy atom. The Kier molecular flexibility index (Phi) is 4.78. The highest BCUT2D eigenvalue weighted by Gasteiger charge is 2.03. The molecule has 0 aliphatic heterocycles. The quantitative estimate of drug-likeness (QED) is 0.740. The van der Waals surface area contributed by atoms with E-state index >= 15 is 0 Å². The summed E-state index contributed by atoms with van der Waals surface area (Å²) in [6.07, 6.45) is 1.27. The zero-order valence-electron chi connectivity index (χ0n) is 10.1. The predicted molar refractivity (Wildman–Crippen MR) is 69.2 cm³/mol. The molecule has 3 heteroatoms. The van der Waals surface area contributed by atoms with Gasteiger partial charge in [-0.2, -0.15) is 10.5 Å². The first-order valence-electron chi connectivity index (χ1n) is 5.62. The van der Waals surface area contributed by atoms with E-state index in [4.69, 9.17) is 10.5 Å². The molecule has 0 atom stereocenters. The number of rotatable bonds is 4. The third-order valence-corrected chi connectivity index (χ3v) is 2.64. The van der Waals surface area contributed by atoms with Gasteiger partial charge in [0.2, 0.25) is 0 Å². The van der Waals surface area contributed by atoms with Gasteiger partial charge in [-0.25, -0.2) is 0 Å². The first-order valence-corrected chi connectivity index (χ1v) is 5.62. The van der Waals surface area contributed by atoms with Crippen molar-refractivity contribution >= 4 is 11.3 Å². The molecule has 86 valence electrons. The summed E-state index contributed by atoms with van der Waals surface area (Å²) in [6, 6.07) is 11.6. The van der Waals surface area contributed by atoms with Crippen molar-refractivity contribution in [3.8, 4) is 12.1 Å². The van der Waals surface area contributed by atoms with Crippen molar-refractivity contribution in [2.75, 3.05) is 18.0 Å². The molecule has 0 radical (unpaired) electrons. The Morgan fingerprint density at radius 2 is 1.76 bits per heavy atom. The fraction of sp³-hybridized carbons (Fsp3) is 0.286. The average Bonchev–Trinajstić information content (AvgIpc) is 2.38. The van der Waals surface area contributed by atoms with Gasteiger partial charge in [-0.05, 0) is 31.5 Å². The number of hydrogen-bond donors (Lipinski definition) is 0. The summed E-state index contributed by atoms with van der Waals surface area (Å²) in [5.41, 5.74) is 2.32. The molecule has 0 spiro atoms. The summed E-state index contributed by atoms with van der Waals surface area (Å²) >= 11 is 0. The molecule has 1 aromatic rings. The second kappa shape index (κ2) is 6.35. The molecule has 0 fully saturated rings. The summed E-state index contributed by atoms with van der Waals surface area (Å²) in [6.45, 7) is 6.12. The molecular weight excluding hydrogens is 210 g/mol. The smallest absolute Gasteiger partial charge is 0.101 e. The molecule has 0 aromatic heterocycles. The summed E-state index contributed by atoms with van der Waals surface area (Å²) in [7, 11) is 0. The van der Waals surface area contributed by atoms with Crippen molar-refractivity contribution in [1.29, 1.82) is 10.5 Å². The molecule has 0 amide bonds. The van der Waals surface area contributed by atoms with Gasteiger partial charge in [0, 0.05) is 24.9 Å². The van der Waals surface area contributed by atoms with E-state index in [9.17, 15) is 0 Å². The lowest BCUT2D eigenvalue weighted by Crippen LogP contribution is -2.21. The molecule has 0 aliphatic carbocycles. The molecule has 0 saturated carbocycles. The van der Waals surface area contributed by atoms with Crippen molar-refractivity contribution in [1.82, 2.24) is 0 Å². The maximum atomic E-state index is 8.90. The molecule has 0 saturated heterocycles. The van der Waals surface area contributed by atoms with Crippen molar-refractivity contribution in [3.63, 3.8) is 0 Å². The highest BCUT2D eigenvalue weighted by Crippen LogP contribution is 2.19. The molecule has 3 nitrogen and oxygen atoms in total. The summed E-state index contributed by atoms with van der Waals surface area (Å²) in [4.78, 5) is 2.23. The third kappa shape index (κ3) is 3.09. The number of benzene rings is 1. The standard InChI is InChI=1S/C14H15N3/c1-3-17(4-2)14-7-5-12(6-8-14)13(11-16)9-10-15/h5-9H,3-4H2,1-2H3/b13-9+. The molecular formula is C14H15N3. The van der Waals surface area contributed by atoms with Crippen LogP contribution in [0, 0.1) is 22.7 Å². The van der Waals surface area contributed by atoms with Gasteiger partial charge in [-0.3, -0.25) is 0 Å². The number of allylic oxidation sites excluding steroid dienone is 2. The number of hydrogen-bond acceptors (Lipinski definition) is 3. The zero-order valence-corrected chi connectivity index (χ0v) is 10.1. The highest BCUT2D eigenvalue weighted by molar-refractivity contribution is 5.78. The lowest BCUT2D eigenvalue weighted by Gasteiger charge is -2.21. The Morgan fingerprint density at radius 1 is 1.18 bits per heavy atom. The Labute approximate surface area is 102 Å². The van der Waals surface area contributed by atoms with Gasteiger partial charge in [0.05, 0.1) is 11.6 Å². The molecule has 0 aliphatic rings. The van der Waals surface area contributed by atoms with E-state index in [2.05, 4.69) is 18.7 Å². The number of nitrogens with zero attached hydrogens (tertiary/aromatic N) is 3. The van der Waals surface area contributed by atoms with Gasteiger partial charge >= 0.3 is 0 Å². The first kappa shape index (κ1) is 12.8. The van der Waals surface area contributed by atoms with Gasteiger partial charge in [0.1, 0.15) is 6.07 Å². The lowest BCUT2D eigenvalue weighted by molar-refractivity contribution is 0.866. The highest BCUT2D eigenvalue weighted by atomic mass is 15.1. The van der Waals surface area contributed by atoms with Crippen LogP contribution in [-0.4, -0.2) is 13.1 Å². The van der Waals surface area contributed by atoms with Crippen LogP contribution in [0.15, 0.2) is 30.3 Å². The SMILES string of the molecule is CCN(CC)c1ccc(/C(C#N)=C/C#N)cc1. The largest absolute Gasteiger partial charge is 0.372 e. The van der Waals surface area contributed by atoms with E-state index in [1.807, 2.05) is 36.4 Å². The van der Waals surface area contributed by atoms with Crippen molar-refractivity contribution < 1.29 is 0 Å². The van der Waals surface area contributed by atoms with Crippen LogP contribution < -0.4 is 4.90 Å². The summed E-state index contributed by atoms with van der Waals surface area (Å²) in [5.74, 6) is 0. The monoisotopic (exact) mass is 225 g/mol. The Hall–Kier alpha value is -2.26. The van der Waals surface area contributed by atoms with Gasteiger partial charge in [-0.15, -0.1) is 0 Å². The van der Waals surface area contributed by atoms with Crippen LogP contribution in [0.4, 0.5) is 5.69 Å². The Bertz CT molecular complexity index is 468. The molecule has 1 aromatic carbocycles. The van der Waals surface area contributed by atoms with Crippen LogP contribution in [0.5, 0.6) is 0 Å². The fourth-order valence-electron chi connectivity index (χ4n) is 1.69. The van der Waals surface area contributed by atoms with Crippen LogP contribution in [0.25, 0.3) is 5.57 Å². The van der Waals surface area contributed by atoms with E-state index in [-0.39, 0.29) is 0 Å². The topological polar surface area (TPSA) is 50.8 Å². The maximum absolute atomic E-state index is 8.90. The maximum Gasteiger partial charge on any atom is 0.101 e. The minimum atomic E-state index is 0.401. The summed E-state index contributed by atoms with van der Waals surface area (Å²) in [5, 5.41) is 17.5. The van der Waals surface area contributed by atoms with Gasteiger partial charge in [0.15, 0.2) is 0 Å². The molecule has 1 rings (SSSR count). The van der Waals surface area contributed by atoms with E-state index in [0.29, 0.717) is 5.57 Å². The lowest BCUT2D eigenvalue weighted by atomic mass is 10.1. The predicted octanol–water partition coefficient (Wildman–Crippen LogP) is 2.96. The molecule has 0 bridgehead atoms. The molecule has 0 N–H and O–H groups in total. The molecule has 17 heavy (non-hydrogen) atoms. The number of nitriles is 2.